The fourth-order valence-corrected chi connectivity index (χ4v) is 3.32. The van der Waals surface area contributed by atoms with Gasteiger partial charge in [-0.25, -0.2) is 9.69 Å². The van der Waals surface area contributed by atoms with Crippen molar-refractivity contribution in [1.82, 2.24) is 4.90 Å². The Hall–Kier alpha value is -3.08. The minimum Gasteiger partial charge on any atom is -0.451 e. The standard InChI is InChI=1S/C21H20N2O3/c24-20(19-15-16-9-5-6-12-18(16)26-19)23(17-10-3-1-4-11-17)21(25)22-13-7-2-8-14-22/h1,3-6,9-12,15H,2,7-8,13-14H2. The van der Waals surface area contributed by atoms with E-state index in [2.05, 4.69) is 0 Å². The molecule has 0 bridgehead atoms. The predicted octanol–water partition coefficient (Wildman–Crippen LogP) is 4.69. The highest BCUT2D eigenvalue weighted by molar-refractivity contribution is 6.20. The summed E-state index contributed by atoms with van der Waals surface area (Å²) < 4.78 is 5.71. The Bertz CT molecular complexity index is 894. The summed E-state index contributed by atoms with van der Waals surface area (Å²) in [5, 5.41) is 0.842. The summed E-state index contributed by atoms with van der Waals surface area (Å²) in [6.07, 6.45) is 3.05. The van der Waals surface area contributed by atoms with Crippen molar-refractivity contribution < 1.29 is 14.0 Å². The van der Waals surface area contributed by atoms with E-state index in [-0.39, 0.29) is 11.8 Å². The highest BCUT2D eigenvalue weighted by Gasteiger charge is 2.31. The van der Waals surface area contributed by atoms with E-state index in [0.29, 0.717) is 24.4 Å². The number of carbonyl (C=O) groups is 2. The van der Waals surface area contributed by atoms with Gasteiger partial charge in [0.2, 0.25) is 0 Å². The Labute approximate surface area is 151 Å². The van der Waals surface area contributed by atoms with Crippen LogP contribution in [0.3, 0.4) is 0 Å². The Kier molecular flexibility index (Phi) is 4.44. The van der Waals surface area contributed by atoms with Gasteiger partial charge in [0.05, 0.1) is 5.69 Å². The zero-order chi connectivity index (χ0) is 17.9. The number of para-hydroxylation sites is 2. The van der Waals surface area contributed by atoms with Gasteiger partial charge in [0.15, 0.2) is 5.76 Å². The molecule has 3 amide bonds. The van der Waals surface area contributed by atoms with Gasteiger partial charge >= 0.3 is 11.9 Å². The number of likely N-dealkylation sites (tertiary alicyclic amines) is 1. The molecular formula is C21H20N2O3. The molecule has 1 saturated heterocycles. The highest BCUT2D eigenvalue weighted by atomic mass is 16.3. The average Bonchev–Trinajstić information content (AvgIpc) is 3.14. The fourth-order valence-electron chi connectivity index (χ4n) is 3.32. The second-order valence-electron chi connectivity index (χ2n) is 6.45. The van der Waals surface area contributed by atoms with E-state index in [4.69, 9.17) is 4.42 Å². The first kappa shape index (κ1) is 16.4. The summed E-state index contributed by atoms with van der Waals surface area (Å²) >= 11 is 0. The van der Waals surface area contributed by atoms with Crippen molar-refractivity contribution in [3.8, 4) is 0 Å². The molecule has 1 aromatic heterocycles. The van der Waals surface area contributed by atoms with Crippen LogP contribution in [0, 0.1) is 0 Å². The Morgan fingerprint density at radius 1 is 0.885 bits per heavy atom. The minimum atomic E-state index is -0.442. The van der Waals surface area contributed by atoms with Crippen molar-refractivity contribution in [2.24, 2.45) is 0 Å². The van der Waals surface area contributed by atoms with E-state index in [1.807, 2.05) is 42.5 Å². The molecule has 0 atom stereocenters. The lowest BCUT2D eigenvalue weighted by atomic mass is 10.1. The molecule has 4 rings (SSSR count). The van der Waals surface area contributed by atoms with Gasteiger partial charge < -0.3 is 9.32 Å². The topological polar surface area (TPSA) is 53.8 Å². The van der Waals surface area contributed by atoms with Gasteiger partial charge in [0.1, 0.15) is 5.58 Å². The van der Waals surface area contributed by atoms with Gasteiger partial charge in [0, 0.05) is 18.5 Å². The summed E-state index contributed by atoms with van der Waals surface area (Å²) in [5.41, 5.74) is 1.18. The molecule has 132 valence electrons. The number of piperidine rings is 1. The van der Waals surface area contributed by atoms with Crippen molar-refractivity contribution in [1.29, 1.82) is 0 Å². The number of furan rings is 1. The quantitative estimate of drug-likeness (QED) is 0.675. The lowest BCUT2D eigenvalue weighted by molar-refractivity contribution is 0.0959. The molecule has 0 radical (unpaired) electrons. The monoisotopic (exact) mass is 348 g/mol. The molecule has 2 heterocycles. The van der Waals surface area contributed by atoms with Gasteiger partial charge in [-0.3, -0.25) is 4.79 Å². The van der Waals surface area contributed by atoms with E-state index in [9.17, 15) is 9.59 Å². The van der Waals surface area contributed by atoms with Crippen molar-refractivity contribution >= 4 is 28.6 Å². The number of nitrogens with zero attached hydrogens (tertiary/aromatic N) is 2. The van der Waals surface area contributed by atoms with Crippen LogP contribution in [0.5, 0.6) is 0 Å². The van der Waals surface area contributed by atoms with Gasteiger partial charge in [-0.05, 0) is 43.5 Å². The Balaban J connectivity index is 1.71. The van der Waals surface area contributed by atoms with Gasteiger partial charge in [-0.15, -0.1) is 0 Å². The highest BCUT2D eigenvalue weighted by Crippen LogP contribution is 2.24. The predicted molar refractivity (Wildman–Crippen MR) is 100 cm³/mol. The second kappa shape index (κ2) is 7.04. The Morgan fingerprint density at radius 3 is 2.31 bits per heavy atom. The number of amides is 3. The van der Waals surface area contributed by atoms with Crippen molar-refractivity contribution in [2.75, 3.05) is 18.0 Å². The lowest BCUT2D eigenvalue weighted by Gasteiger charge is -2.31. The van der Waals surface area contributed by atoms with E-state index in [0.717, 1.165) is 24.6 Å². The molecule has 1 fully saturated rings. The number of anilines is 1. The third-order valence-corrected chi connectivity index (χ3v) is 4.67. The number of benzene rings is 2. The van der Waals surface area contributed by atoms with Crippen LogP contribution in [-0.2, 0) is 0 Å². The van der Waals surface area contributed by atoms with Gasteiger partial charge in [-0.1, -0.05) is 36.4 Å². The first-order chi connectivity index (χ1) is 12.7. The molecule has 0 aliphatic carbocycles. The molecular weight excluding hydrogens is 328 g/mol. The number of fused-ring (bicyclic) bond motifs is 1. The fraction of sp³-hybridized carbons (Fsp3) is 0.238. The summed E-state index contributed by atoms with van der Waals surface area (Å²) in [5.74, 6) is -0.275. The smallest absolute Gasteiger partial charge is 0.331 e. The van der Waals surface area contributed by atoms with Crippen LogP contribution in [0.2, 0.25) is 0 Å². The molecule has 0 saturated carbocycles. The molecule has 26 heavy (non-hydrogen) atoms. The van der Waals surface area contributed by atoms with Crippen molar-refractivity contribution in [3.63, 3.8) is 0 Å². The number of carbonyl (C=O) groups excluding carboxylic acids is 2. The largest absolute Gasteiger partial charge is 0.451 e. The second-order valence-corrected chi connectivity index (χ2v) is 6.45. The third-order valence-electron chi connectivity index (χ3n) is 4.67. The number of imide groups is 1. The van der Waals surface area contributed by atoms with Crippen molar-refractivity contribution in [2.45, 2.75) is 19.3 Å². The van der Waals surface area contributed by atoms with E-state index >= 15 is 0 Å². The molecule has 2 aromatic carbocycles. The minimum absolute atomic E-state index is 0.167. The third kappa shape index (κ3) is 3.08. The average molecular weight is 348 g/mol. The molecule has 5 nitrogen and oxygen atoms in total. The maximum atomic E-state index is 13.2. The SMILES string of the molecule is O=C(c1cc2ccccc2o1)N(C(=O)N1CCCCC1)c1ccccc1. The van der Waals surface area contributed by atoms with Crippen LogP contribution < -0.4 is 4.90 Å². The van der Waals surface area contributed by atoms with E-state index < -0.39 is 5.91 Å². The molecule has 1 aliphatic heterocycles. The lowest BCUT2D eigenvalue weighted by Crippen LogP contribution is -2.48. The maximum absolute atomic E-state index is 13.2. The maximum Gasteiger partial charge on any atom is 0.331 e. The molecule has 5 heteroatoms. The first-order valence-electron chi connectivity index (χ1n) is 8.91. The van der Waals surface area contributed by atoms with E-state index in [1.165, 1.54) is 4.90 Å². The van der Waals surface area contributed by atoms with Crippen LogP contribution >= 0.6 is 0 Å². The van der Waals surface area contributed by atoms with E-state index in [1.54, 1.807) is 23.1 Å². The molecule has 3 aromatic rings. The zero-order valence-corrected chi connectivity index (χ0v) is 14.4. The molecule has 0 spiro atoms. The number of hydrogen-bond donors (Lipinski definition) is 0. The van der Waals surface area contributed by atoms with Crippen LogP contribution in [0.25, 0.3) is 11.0 Å². The van der Waals surface area contributed by atoms with Crippen LogP contribution in [0.4, 0.5) is 10.5 Å². The zero-order valence-electron chi connectivity index (χ0n) is 14.4. The molecule has 0 unspecified atom stereocenters. The van der Waals surface area contributed by atoms with Crippen molar-refractivity contribution in [3.05, 3.63) is 66.4 Å². The first-order valence-corrected chi connectivity index (χ1v) is 8.91. The van der Waals surface area contributed by atoms with Crippen LogP contribution in [0.1, 0.15) is 29.8 Å². The Morgan fingerprint density at radius 2 is 1.58 bits per heavy atom. The summed E-state index contributed by atoms with van der Waals surface area (Å²) in [7, 11) is 0. The summed E-state index contributed by atoms with van der Waals surface area (Å²) in [6, 6.07) is 17.9. The number of hydrogen-bond acceptors (Lipinski definition) is 3. The summed E-state index contributed by atoms with van der Waals surface area (Å²) in [4.78, 5) is 29.3. The van der Waals surface area contributed by atoms with Gasteiger partial charge in [0.25, 0.3) is 0 Å². The number of rotatable bonds is 2. The summed E-state index contributed by atoms with van der Waals surface area (Å²) in [6.45, 7) is 1.35. The van der Waals surface area contributed by atoms with Crippen LogP contribution in [-0.4, -0.2) is 29.9 Å². The van der Waals surface area contributed by atoms with Crippen LogP contribution in [0.15, 0.2) is 65.1 Å². The molecule has 1 aliphatic rings. The normalized spacial score (nSPS) is 14.4. The van der Waals surface area contributed by atoms with Gasteiger partial charge in [-0.2, -0.15) is 0 Å². The number of urea groups is 1. The molecule has 0 N–H and O–H groups in total.